The number of hydrogen-bond donors (Lipinski definition) is 2. The number of carbonyl (C=O) groups is 1. The third-order valence-corrected chi connectivity index (χ3v) is 2.37. The summed E-state index contributed by atoms with van der Waals surface area (Å²) in [5.41, 5.74) is 5.00. The van der Waals surface area contributed by atoms with Crippen LogP contribution in [0.2, 0.25) is 5.02 Å². The summed E-state index contributed by atoms with van der Waals surface area (Å²) in [7, 11) is 0. The van der Waals surface area contributed by atoms with Gasteiger partial charge in [0.05, 0.1) is 4.92 Å². The summed E-state index contributed by atoms with van der Waals surface area (Å²) in [6, 6.07) is 3.64. The van der Waals surface area contributed by atoms with Crippen LogP contribution in [0.1, 0.15) is 17.3 Å². The molecular formula is C10H12ClN3O3. The van der Waals surface area contributed by atoms with Crippen LogP contribution in [0, 0.1) is 10.1 Å². The van der Waals surface area contributed by atoms with E-state index in [-0.39, 0.29) is 28.9 Å². The summed E-state index contributed by atoms with van der Waals surface area (Å²) >= 11 is 5.64. The summed E-state index contributed by atoms with van der Waals surface area (Å²) < 4.78 is 0. The van der Waals surface area contributed by atoms with Crippen molar-refractivity contribution in [2.45, 2.75) is 13.0 Å². The monoisotopic (exact) mass is 257 g/mol. The Morgan fingerprint density at radius 3 is 2.82 bits per heavy atom. The van der Waals surface area contributed by atoms with E-state index in [0.717, 1.165) is 6.07 Å². The fourth-order valence-corrected chi connectivity index (χ4v) is 1.37. The Balaban J connectivity index is 3.04. The fourth-order valence-electron chi connectivity index (χ4n) is 1.21. The predicted molar refractivity (Wildman–Crippen MR) is 64.1 cm³/mol. The van der Waals surface area contributed by atoms with Crippen LogP contribution < -0.4 is 11.1 Å². The van der Waals surface area contributed by atoms with Crippen LogP contribution in [0.3, 0.4) is 0 Å². The lowest BCUT2D eigenvalue weighted by molar-refractivity contribution is -0.385. The van der Waals surface area contributed by atoms with Gasteiger partial charge in [-0.25, -0.2) is 0 Å². The van der Waals surface area contributed by atoms with Crippen molar-refractivity contribution < 1.29 is 9.72 Å². The number of rotatable bonds is 4. The van der Waals surface area contributed by atoms with E-state index >= 15 is 0 Å². The van der Waals surface area contributed by atoms with Gasteiger partial charge in [-0.05, 0) is 19.1 Å². The van der Waals surface area contributed by atoms with Crippen LogP contribution in [0.25, 0.3) is 0 Å². The van der Waals surface area contributed by atoms with Crippen LogP contribution in [0.4, 0.5) is 5.69 Å². The Hall–Kier alpha value is -1.66. The summed E-state index contributed by atoms with van der Waals surface area (Å²) in [6.07, 6.45) is 0. The number of carbonyl (C=O) groups excluding carboxylic acids is 1. The normalized spacial score (nSPS) is 11.9. The van der Waals surface area contributed by atoms with Gasteiger partial charge >= 0.3 is 0 Å². The van der Waals surface area contributed by atoms with E-state index in [4.69, 9.17) is 17.3 Å². The van der Waals surface area contributed by atoms with E-state index in [0.29, 0.717) is 0 Å². The smallest absolute Gasteiger partial charge is 0.283 e. The van der Waals surface area contributed by atoms with E-state index < -0.39 is 10.8 Å². The van der Waals surface area contributed by atoms with Crippen molar-refractivity contribution in [3.8, 4) is 0 Å². The summed E-state index contributed by atoms with van der Waals surface area (Å²) in [4.78, 5) is 21.9. The van der Waals surface area contributed by atoms with Gasteiger partial charge in [0.1, 0.15) is 5.56 Å². The summed E-state index contributed by atoms with van der Waals surface area (Å²) in [6.45, 7) is 1.97. The standard InChI is InChI=1S/C10H12ClN3O3/c1-6(5-12)13-10(15)8-3-2-7(11)4-9(8)14(16)17/h2-4,6H,5,12H2,1H3,(H,13,15)/t6-/m1/s1. The third-order valence-electron chi connectivity index (χ3n) is 2.13. The van der Waals surface area contributed by atoms with Crippen molar-refractivity contribution in [1.82, 2.24) is 5.32 Å². The molecule has 0 fully saturated rings. The molecule has 0 heterocycles. The molecule has 0 unspecified atom stereocenters. The molecule has 0 saturated carbocycles. The number of benzene rings is 1. The van der Waals surface area contributed by atoms with Gasteiger partial charge in [0.25, 0.3) is 11.6 Å². The zero-order chi connectivity index (χ0) is 13.0. The first-order valence-corrected chi connectivity index (χ1v) is 5.28. The van der Waals surface area contributed by atoms with E-state index in [2.05, 4.69) is 5.32 Å². The second kappa shape index (κ2) is 5.60. The Bertz CT molecular complexity index is 450. The summed E-state index contributed by atoms with van der Waals surface area (Å²) in [5.74, 6) is -0.536. The topological polar surface area (TPSA) is 98.3 Å². The second-order valence-electron chi connectivity index (χ2n) is 3.53. The van der Waals surface area contributed by atoms with E-state index in [1.807, 2.05) is 0 Å². The number of nitro groups is 1. The minimum Gasteiger partial charge on any atom is -0.348 e. The molecule has 1 atom stereocenters. The van der Waals surface area contributed by atoms with E-state index in [9.17, 15) is 14.9 Å². The highest BCUT2D eigenvalue weighted by atomic mass is 35.5. The predicted octanol–water partition coefficient (Wildman–Crippen LogP) is 1.33. The van der Waals surface area contributed by atoms with Crippen LogP contribution in [-0.4, -0.2) is 23.4 Å². The minimum absolute atomic E-state index is 0.0281. The molecule has 0 aliphatic heterocycles. The molecule has 0 aliphatic carbocycles. The van der Waals surface area contributed by atoms with Crippen LogP contribution >= 0.6 is 11.6 Å². The van der Waals surface area contributed by atoms with Gasteiger partial charge in [0.15, 0.2) is 0 Å². The van der Waals surface area contributed by atoms with Gasteiger partial charge in [-0.2, -0.15) is 0 Å². The van der Waals surface area contributed by atoms with Crippen molar-refractivity contribution >= 4 is 23.2 Å². The van der Waals surface area contributed by atoms with Gasteiger partial charge in [0, 0.05) is 23.7 Å². The van der Waals surface area contributed by atoms with Crippen LogP contribution in [0.5, 0.6) is 0 Å². The van der Waals surface area contributed by atoms with E-state index in [1.54, 1.807) is 6.92 Å². The SMILES string of the molecule is C[C@H](CN)NC(=O)c1ccc(Cl)cc1[N+](=O)[O-]. The molecule has 0 saturated heterocycles. The number of nitro benzene ring substituents is 1. The van der Waals surface area contributed by atoms with Crippen LogP contribution in [0.15, 0.2) is 18.2 Å². The van der Waals surface area contributed by atoms with Gasteiger partial charge in [0.2, 0.25) is 0 Å². The van der Waals surface area contributed by atoms with Crippen molar-refractivity contribution in [2.75, 3.05) is 6.54 Å². The molecule has 92 valence electrons. The molecule has 0 aliphatic rings. The van der Waals surface area contributed by atoms with Crippen LogP contribution in [-0.2, 0) is 0 Å². The summed E-state index contributed by atoms with van der Waals surface area (Å²) in [5, 5.41) is 13.5. The molecule has 1 amide bonds. The Morgan fingerprint density at radius 2 is 2.29 bits per heavy atom. The molecule has 1 aromatic rings. The number of nitrogens with zero attached hydrogens (tertiary/aromatic N) is 1. The minimum atomic E-state index is -0.645. The Labute approximate surface area is 103 Å². The number of nitrogens with one attached hydrogen (secondary N) is 1. The van der Waals surface area contributed by atoms with Crippen molar-refractivity contribution in [3.05, 3.63) is 38.9 Å². The Kier molecular flexibility index (Phi) is 4.42. The van der Waals surface area contributed by atoms with Crippen molar-refractivity contribution in [3.63, 3.8) is 0 Å². The fraction of sp³-hybridized carbons (Fsp3) is 0.300. The lowest BCUT2D eigenvalue weighted by atomic mass is 10.1. The van der Waals surface area contributed by atoms with Crippen molar-refractivity contribution in [2.24, 2.45) is 5.73 Å². The molecule has 0 radical (unpaired) electrons. The lowest BCUT2D eigenvalue weighted by Gasteiger charge is -2.11. The molecule has 0 aromatic heterocycles. The van der Waals surface area contributed by atoms with E-state index in [1.165, 1.54) is 12.1 Å². The van der Waals surface area contributed by atoms with Gasteiger partial charge in [-0.1, -0.05) is 11.6 Å². The zero-order valence-electron chi connectivity index (χ0n) is 9.14. The first-order chi connectivity index (χ1) is 7.95. The van der Waals surface area contributed by atoms with Crippen molar-refractivity contribution in [1.29, 1.82) is 0 Å². The van der Waals surface area contributed by atoms with Gasteiger partial charge < -0.3 is 11.1 Å². The number of amides is 1. The number of hydrogen-bond acceptors (Lipinski definition) is 4. The third kappa shape index (κ3) is 3.40. The Morgan fingerprint density at radius 1 is 1.65 bits per heavy atom. The molecule has 17 heavy (non-hydrogen) atoms. The maximum Gasteiger partial charge on any atom is 0.283 e. The molecule has 7 heteroatoms. The molecule has 3 N–H and O–H groups in total. The molecule has 6 nitrogen and oxygen atoms in total. The largest absolute Gasteiger partial charge is 0.348 e. The molecular weight excluding hydrogens is 246 g/mol. The average Bonchev–Trinajstić information content (AvgIpc) is 2.28. The molecule has 0 bridgehead atoms. The highest BCUT2D eigenvalue weighted by molar-refractivity contribution is 6.31. The highest BCUT2D eigenvalue weighted by Crippen LogP contribution is 2.23. The quantitative estimate of drug-likeness (QED) is 0.628. The lowest BCUT2D eigenvalue weighted by Crippen LogP contribution is -2.38. The average molecular weight is 258 g/mol. The number of halogens is 1. The first kappa shape index (κ1) is 13.4. The zero-order valence-corrected chi connectivity index (χ0v) is 9.90. The first-order valence-electron chi connectivity index (χ1n) is 4.90. The van der Waals surface area contributed by atoms with Gasteiger partial charge in [-0.15, -0.1) is 0 Å². The second-order valence-corrected chi connectivity index (χ2v) is 3.97. The molecule has 1 aromatic carbocycles. The number of nitrogens with two attached hydrogens (primary N) is 1. The molecule has 1 rings (SSSR count). The highest BCUT2D eigenvalue weighted by Gasteiger charge is 2.21. The maximum atomic E-state index is 11.7. The molecule has 0 spiro atoms. The maximum absolute atomic E-state index is 11.7. The van der Waals surface area contributed by atoms with Gasteiger partial charge in [-0.3, -0.25) is 14.9 Å².